The van der Waals surface area contributed by atoms with Crippen molar-refractivity contribution in [3.8, 4) is 6.07 Å². The van der Waals surface area contributed by atoms with E-state index in [-0.39, 0.29) is 18.2 Å². The maximum Gasteiger partial charge on any atom is 0.292 e. The largest absolute Gasteiger partial charge is 0.324 e. The van der Waals surface area contributed by atoms with E-state index in [4.69, 9.17) is 0 Å². The third-order valence-electron chi connectivity index (χ3n) is 6.01. The number of hydrogen-bond donors (Lipinski definition) is 1. The topological polar surface area (TPSA) is 65.6 Å². The Kier molecular flexibility index (Phi) is 4.70. The fraction of sp³-hybridized carbons (Fsp3) is 0.318. The second kappa shape index (κ2) is 7.17. The van der Waals surface area contributed by atoms with E-state index in [0.717, 1.165) is 10.5 Å². The van der Waals surface area contributed by atoms with E-state index in [0.29, 0.717) is 31.6 Å². The Hall–Kier alpha value is -3.04. The van der Waals surface area contributed by atoms with Crippen LogP contribution in [0.2, 0.25) is 0 Å². The van der Waals surface area contributed by atoms with Crippen LogP contribution in [-0.4, -0.2) is 30.9 Å². The summed E-state index contributed by atoms with van der Waals surface area (Å²) in [6.07, 6.45) is 1.45. The number of piperidine rings is 1. The van der Waals surface area contributed by atoms with Gasteiger partial charge in [-0.1, -0.05) is 30.3 Å². The molecule has 2 aromatic rings. The van der Waals surface area contributed by atoms with Crippen molar-refractivity contribution in [1.82, 2.24) is 0 Å². The number of nitrogens with one attached hydrogen (secondary N) is 1. The van der Waals surface area contributed by atoms with Gasteiger partial charge in [-0.15, -0.1) is 0 Å². The lowest BCUT2D eigenvalue weighted by Gasteiger charge is -2.37. The summed E-state index contributed by atoms with van der Waals surface area (Å²) in [6.45, 7) is 1.31. The predicted molar refractivity (Wildman–Crippen MR) is 101 cm³/mol. The Morgan fingerprint density at radius 3 is 2.29 bits per heavy atom. The molecule has 6 heteroatoms. The van der Waals surface area contributed by atoms with Crippen LogP contribution in [0.25, 0.3) is 0 Å². The summed E-state index contributed by atoms with van der Waals surface area (Å²) >= 11 is 0. The first-order chi connectivity index (χ1) is 13.5. The Morgan fingerprint density at radius 2 is 1.68 bits per heavy atom. The number of imide groups is 1. The van der Waals surface area contributed by atoms with Crippen LogP contribution in [0.5, 0.6) is 0 Å². The molecule has 142 valence electrons. The molecule has 2 aliphatic heterocycles. The van der Waals surface area contributed by atoms with Crippen LogP contribution >= 0.6 is 0 Å². The molecule has 2 saturated heterocycles. The zero-order chi connectivity index (χ0) is 19.7. The first-order valence-electron chi connectivity index (χ1n) is 9.48. The van der Waals surface area contributed by atoms with Gasteiger partial charge in [0.1, 0.15) is 5.82 Å². The number of nitriles is 1. The van der Waals surface area contributed by atoms with Crippen LogP contribution in [0.4, 0.5) is 10.1 Å². The first kappa shape index (κ1) is 18.3. The van der Waals surface area contributed by atoms with E-state index in [1.807, 2.05) is 30.3 Å². The van der Waals surface area contributed by atoms with E-state index in [1.165, 1.54) is 29.2 Å². The Bertz CT molecular complexity index is 929. The summed E-state index contributed by atoms with van der Waals surface area (Å²) in [6, 6.07) is 17.2. The van der Waals surface area contributed by atoms with Gasteiger partial charge in [0.15, 0.2) is 6.04 Å². The highest BCUT2D eigenvalue weighted by Crippen LogP contribution is 2.32. The summed E-state index contributed by atoms with van der Waals surface area (Å²) in [7, 11) is 0. The van der Waals surface area contributed by atoms with Gasteiger partial charge in [0.2, 0.25) is 5.91 Å². The molecular weight excluding hydrogens is 357 g/mol. The third kappa shape index (κ3) is 3.08. The number of carbonyl (C=O) groups is 2. The Labute approximate surface area is 163 Å². The van der Waals surface area contributed by atoms with Crippen LogP contribution in [0.1, 0.15) is 24.8 Å². The zero-order valence-corrected chi connectivity index (χ0v) is 15.4. The van der Waals surface area contributed by atoms with Crippen LogP contribution in [0.3, 0.4) is 0 Å². The number of quaternary nitrogens is 1. The van der Waals surface area contributed by atoms with Gasteiger partial charge >= 0.3 is 0 Å². The molecule has 1 N–H and O–H groups in total. The number of halogens is 1. The fourth-order valence-electron chi connectivity index (χ4n) is 4.38. The standard InChI is InChI=1S/C22H20FN3O2/c23-17-6-8-18(9-7-17)26-20(27)14-19(21(26)28)25-12-10-22(15-24,11-13-25)16-4-2-1-3-5-16/h1-9,19H,10-14H2/p+1/t19-/m0/s1. The van der Waals surface area contributed by atoms with E-state index >= 15 is 0 Å². The number of likely N-dealkylation sites (tertiary alicyclic amines) is 1. The molecule has 5 nitrogen and oxygen atoms in total. The molecule has 2 amide bonds. The summed E-state index contributed by atoms with van der Waals surface area (Å²) < 4.78 is 13.2. The second-order valence-corrected chi connectivity index (χ2v) is 7.52. The Morgan fingerprint density at radius 1 is 1.04 bits per heavy atom. The molecule has 0 aliphatic carbocycles. The molecule has 1 atom stereocenters. The van der Waals surface area contributed by atoms with Crippen LogP contribution in [0, 0.1) is 17.1 Å². The molecule has 0 unspecified atom stereocenters. The third-order valence-corrected chi connectivity index (χ3v) is 6.01. The molecule has 0 radical (unpaired) electrons. The van der Waals surface area contributed by atoms with Crippen molar-refractivity contribution in [3.63, 3.8) is 0 Å². The summed E-state index contributed by atoms with van der Waals surface area (Å²) in [5.74, 6) is -0.903. The lowest BCUT2D eigenvalue weighted by atomic mass is 9.74. The molecule has 0 saturated carbocycles. The lowest BCUT2D eigenvalue weighted by Crippen LogP contribution is -3.18. The van der Waals surface area contributed by atoms with Gasteiger partial charge in [-0.3, -0.25) is 9.59 Å². The Balaban J connectivity index is 1.49. The summed E-state index contributed by atoms with van der Waals surface area (Å²) in [5.41, 5.74) is 0.886. The highest BCUT2D eigenvalue weighted by atomic mass is 19.1. The van der Waals surface area contributed by atoms with Gasteiger partial charge in [0.05, 0.1) is 36.7 Å². The minimum Gasteiger partial charge on any atom is -0.324 e. The average molecular weight is 378 g/mol. The molecule has 0 aromatic heterocycles. The lowest BCUT2D eigenvalue weighted by molar-refractivity contribution is -0.920. The quantitative estimate of drug-likeness (QED) is 0.825. The fourth-order valence-corrected chi connectivity index (χ4v) is 4.38. The van der Waals surface area contributed by atoms with E-state index in [9.17, 15) is 19.2 Å². The van der Waals surface area contributed by atoms with Crippen molar-refractivity contribution < 1.29 is 18.9 Å². The summed E-state index contributed by atoms with van der Waals surface area (Å²) in [4.78, 5) is 27.6. The minimum atomic E-state index is -0.535. The minimum absolute atomic E-state index is 0.149. The van der Waals surface area contributed by atoms with E-state index in [1.54, 1.807) is 0 Å². The summed E-state index contributed by atoms with van der Waals surface area (Å²) in [5, 5.41) is 9.83. The van der Waals surface area contributed by atoms with Crippen LogP contribution < -0.4 is 9.80 Å². The molecule has 0 bridgehead atoms. The molecule has 4 rings (SSSR count). The number of hydrogen-bond acceptors (Lipinski definition) is 3. The molecule has 0 spiro atoms. The second-order valence-electron chi connectivity index (χ2n) is 7.52. The SMILES string of the molecule is N#CC1(c2ccccc2)CC[NH+]([C@H]2CC(=O)N(c3ccc(F)cc3)C2=O)CC1. The van der Waals surface area contributed by atoms with Gasteiger partial charge in [0, 0.05) is 12.8 Å². The molecule has 2 heterocycles. The molecule has 2 aliphatic rings. The van der Waals surface area contributed by atoms with Crippen molar-refractivity contribution in [2.45, 2.75) is 30.7 Å². The highest BCUT2D eigenvalue weighted by Gasteiger charge is 2.49. The van der Waals surface area contributed by atoms with Gasteiger partial charge < -0.3 is 4.90 Å². The van der Waals surface area contributed by atoms with Gasteiger partial charge in [0.25, 0.3) is 5.91 Å². The van der Waals surface area contributed by atoms with Gasteiger partial charge in [-0.2, -0.15) is 5.26 Å². The van der Waals surface area contributed by atoms with Crippen LogP contribution in [0.15, 0.2) is 54.6 Å². The molecule has 2 aromatic carbocycles. The first-order valence-corrected chi connectivity index (χ1v) is 9.48. The number of rotatable bonds is 3. The van der Waals surface area contributed by atoms with Crippen molar-refractivity contribution in [2.24, 2.45) is 0 Å². The highest BCUT2D eigenvalue weighted by molar-refractivity contribution is 6.21. The number of carbonyl (C=O) groups excluding carboxylic acids is 2. The predicted octanol–water partition coefficient (Wildman–Crippen LogP) is 1.60. The normalized spacial score (nSPS) is 27.6. The van der Waals surface area contributed by atoms with Crippen molar-refractivity contribution in [2.75, 3.05) is 18.0 Å². The van der Waals surface area contributed by atoms with Crippen molar-refractivity contribution in [1.29, 1.82) is 5.26 Å². The molecule has 2 fully saturated rings. The number of anilines is 1. The maximum absolute atomic E-state index is 13.2. The number of benzene rings is 2. The molecule has 28 heavy (non-hydrogen) atoms. The zero-order valence-electron chi connectivity index (χ0n) is 15.4. The number of amides is 2. The number of nitrogens with zero attached hydrogens (tertiary/aromatic N) is 2. The van der Waals surface area contributed by atoms with Crippen molar-refractivity contribution in [3.05, 3.63) is 66.0 Å². The van der Waals surface area contributed by atoms with Crippen molar-refractivity contribution >= 4 is 17.5 Å². The monoisotopic (exact) mass is 378 g/mol. The smallest absolute Gasteiger partial charge is 0.292 e. The van der Waals surface area contributed by atoms with Gasteiger partial charge in [-0.25, -0.2) is 9.29 Å². The van der Waals surface area contributed by atoms with Crippen LogP contribution in [-0.2, 0) is 15.0 Å². The van der Waals surface area contributed by atoms with Gasteiger partial charge in [-0.05, 0) is 29.8 Å². The maximum atomic E-state index is 13.2. The van der Waals surface area contributed by atoms with E-state index < -0.39 is 17.3 Å². The van der Waals surface area contributed by atoms with E-state index in [2.05, 4.69) is 6.07 Å². The average Bonchev–Trinajstić information content (AvgIpc) is 3.03. The molecular formula is C22H21FN3O2+.